The number of carbonyl (C=O) groups is 1. The predicted molar refractivity (Wildman–Crippen MR) is 105 cm³/mol. The van der Waals surface area contributed by atoms with Gasteiger partial charge in [-0.3, -0.25) is 4.79 Å². The Hall–Kier alpha value is -2.06. The molecule has 9 heteroatoms. The second-order valence-corrected chi connectivity index (χ2v) is 7.03. The minimum atomic E-state index is -4.55. The summed E-state index contributed by atoms with van der Waals surface area (Å²) < 4.78 is 42.1. The topological polar surface area (TPSA) is 72.9 Å². The number of benzene rings is 1. The van der Waals surface area contributed by atoms with Gasteiger partial charge in [-0.1, -0.05) is 19.4 Å². The first kappa shape index (κ1) is 24.0. The Morgan fingerprint density at radius 3 is 2.39 bits per heavy atom. The van der Waals surface area contributed by atoms with Crippen LogP contribution in [0.2, 0.25) is 0 Å². The van der Waals surface area contributed by atoms with Gasteiger partial charge in [0.2, 0.25) is 5.91 Å². The highest BCUT2D eigenvalue weighted by Gasteiger charge is 2.34. The zero-order valence-corrected chi connectivity index (χ0v) is 17.2. The monoisotopic (exact) mass is 418 g/mol. The summed E-state index contributed by atoms with van der Waals surface area (Å²) in [6.45, 7) is 6.76. The summed E-state index contributed by atoms with van der Waals surface area (Å²) in [5.74, 6) is -0.472. The maximum absolute atomic E-state index is 13.6. The second-order valence-electron chi connectivity index (χ2n) is 7.03. The van der Waals surface area contributed by atoms with Crippen LogP contribution in [-0.4, -0.2) is 21.2 Å². The van der Waals surface area contributed by atoms with Gasteiger partial charge in [-0.25, -0.2) is 4.68 Å². The highest BCUT2D eigenvalue weighted by atomic mass is 35.5. The maximum Gasteiger partial charge on any atom is 0.416 e. The molecule has 1 atom stereocenters. The number of amides is 1. The first-order valence-corrected chi connectivity index (χ1v) is 8.76. The van der Waals surface area contributed by atoms with Gasteiger partial charge < -0.3 is 11.1 Å². The molecule has 0 fully saturated rings. The number of halogens is 4. The van der Waals surface area contributed by atoms with Crippen LogP contribution in [0, 0.1) is 13.8 Å². The van der Waals surface area contributed by atoms with Crippen molar-refractivity contribution < 1.29 is 18.0 Å². The van der Waals surface area contributed by atoms with Gasteiger partial charge in [-0.2, -0.15) is 18.3 Å². The second kappa shape index (κ2) is 8.96. The quantitative estimate of drug-likeness (QED) is 0.742. The van der Waals surface area contributed by atoms with Gasteiger partial charge >= 0.3 is 6.18 Å². The number of hydrogen-bond donors (Lipinski definition) is 2. The van der Waals surface area contributed by atoms with Crippen molar-refractivity contribution in [2.45, 2.75) is 58.8 Å². The highest BCUT2D eigenvalue weighted by molar-refractivity contribution is 5.85. The number of hydrogen-bond acceptors (Lipinski definition) is 3. The fraction of sp³-hybridized carbons (Fsp3) is 0.474. The molecule has 28 heavy (non-hydrogen) atoms. The average Bonchev–Trinajstić information content (AvgIpc) is 2.90. The Morgan fingerprint density at radius 1 is 1.25 bits per heavy atom. The van der Waals surface area contributed by atoms with Gasteiger partial charge in [0.05, 0.1) is 22.5 Å². The van der Waals surface area contributed by atoms with E-state index in [1.54, 1.807) is 32.9 Å². The molecule has 3 N–H and O–H groups in total. The van der Waals surface area contributed by atoms with E-state index in [1.165, 1.54) is 10.7 Å². The molecule has 156 valence electrons. The van der Waals surface area contributed by atoms with Crippen LogP contribution in [0.5, 0.6) is 0 Å². The van der Waals surface area contributed by atoms with Gasteiger partial charge in [0.15, 0.2) is 0 Å². The molecule has 1 aromatic heterocycles. The van der Waals surface area contributed by atoms with Crippen molar-refractivity contribution in [3.8, 4) is 5.69 Å². The van der Waals surface area contributed by atoms with Crippen molar-refractivity contribution in [1.82, 2.24) is 15.1 Å². The van der Waals surface area contributed by atoms with E-state index < -0.39 is 23.2 Å². The molecule has 2 aromatic rings. The molecule has 5 nitrogen and oxygen atoms in total. The van der Waals surface area contributed by atoms with Crippen LogP contribution >= 0.6 is 12.4 Å². The van der Waals surface area contributed by atoms with Crippen molar-refractivity contribution in [3.05, 3.63) is 46.8 Å². The smallest absolute Gasteiger partial charge is 0.350 e. The summed E-state index contributed by atoms with van der Waals surface area (Å²) in [7, 11) is 0. The van der Waals surface area contributed by atoms with Crippen LogP contribution in [0.4, 0.5) is 13.2 Å². The molecule has 1 aromatic carbocycles. The van der Waals surface area contributed by atoms with E-state index >= 15 is 0 Å². The van der Waals surface area contributed by atoms with Crippen LogP contribution in [0.1, 0.15) is 49.2 Å². The van der Waals surface area contributed by atoms with E-state index in [0.29, 0.717) is 18.5 Å². The van der Waals surface area contributed by atoms with E-state index in [9.17, 15) is 18.0 Å². The van der Waals surface area contributed by atoms with Crippen LogP contribution in [0.15, 0.2) is 24.3 Å². The molecule has 1 amide bonds. The lowest BCUT2D eigenvalue weighted by Crippen LogP contribution is -2.51. The molecule has 0 saturated carbocycles. The summed E-state index contributed by atoms with van der Waals surface area (Å²) in [6, 6.07) is 5.76. The molecule has 0 radical (unpaired) electrons. The minimum absolute atomic E-state index is 0. The lowest BCUT2D eigenvalue weighted by atomic mass is 9.96. The van der Waals surface area contributed by atoms with Crippen LogP contribution in [-0.2, 0) is 17.5 Å². The van der Waals surface area contributed by atoms with Gasteiger partial charge in [-0.15, -0.1) is 12.4 Å². The Labute approximate surface area is 168 Å². The van der Waals surface area contributed by atoms with Crippen molar-refractivity contribution in [2.24, 2.45) is 5.73 Å². The molecule has 0 aliphatic heterocycles. The van der Waals surface area contributed by atoms with E-state index in [1.807, 2.05) is 6.92 Å². The fourth-order valence-corrected chi connectivity index (χ4v) is 3.01. The largest absolute Gasteiger partial charge is 0.416 e. The zero-order valence-electron chi connectivity index (χ0n) is 16.4. The predicted octanol–water partition coefficient (Wildman–Crippen LogP) is 4.06. The van der Waals surface area contributed by atoms with Crippen LogP contribution in [0.25, 0.3) is 5.69 Å². The standard InChI is InChI=1S/C19H25F3N4O.ClH/c1-5-8-18(4,23)17(27)24-11-14-6-7-15(10-16(14)19(20,21)22)26-13(3)9-12(2)25-26;/h6-7,9-10H,5,8,11,23H2,1-4H3,(H,24,27);1H. The van der Waals surface area contributed by atoms with Gasteiger partial charge in [-0.05, 0) is 51.0 Å². The third-order valence-electron chi connectivity index (χ3n) is 4.38. The molecule has 0 saturated heterocycles. The maximum atomic E-state index is 13.6. The lowest BCUT2D eigenvalue weighted by molar-refractivity contribution is -0.138. The molecular formula is C19H26ClF3N4O. The summed E-state index contributed by atoms with van der Waals surface area (Å²) >= 11 is 0. The van der Waals surface area contributed by atoms with Crippen molar-refractivity contribution in [1.29, 1.82) is 0 Å². The molecule has 1 unspecified atom stereocenters. The third-order valence-corrected chi connectivity index (χ3v) is 4.38. The summed E-state index contributed by atoms with van der Waals surface area (Å²) in [4.78, 5) is 12.2. The van der Waals surface area contributed by atoms with Gasteiger partial charge in [0.1, 0.15) is 0 Å². The molecular weight excluding hydrogens is 393 g/mol. The number of nitrogens with two attached hydrogens (primary N) is 1. The lowest BCUT2D eigenvalue weighted by Gasteiger charge is -2.23. The number of nitrogens with one attached hydrogen (secondary N) is 1. The first-order valence-electron chi connectivity index (χ1n) is 8.76. The zero-order chi connectivity index (χ0) is 20.4. The number of alkyl halides is 3. The fourth-order valence-electron chi connectivity index (χ4n) is 3.01. The van der Waals surface area contributed by atoms with Crippen molar-refractivity contribution in [3.63, 3.8) is 0 Å². The number of rotatable bonds is 6. The van der Waals surface area contributed by atoms with E-state index in [0.717, 1.165) is 17.5 Å². The minimum Gasteiger partial charge on any atom is -0.350 e. The molecule has 0 bridgehead atoms. The summed E-state index contributed by atoms with van der Waals surface area (Å²) in [5, 5.41) is 6.75. The Balaban J connectivity index is 0.00000392. The highest BCUT2D eigenvalue weighted by Crippen LogP contribution is 2.33. The molecule has 0 spiro atoms. The van der Waals surface area contributed by atoms with Gasteiger partial charge in [0, 0.05) is 12.2 Å². The Morgan fingerprint density at radius 2 is 1.89 bits per heavy atom. The van der Waals surface area contributed by atoms with Crippen LogP contribution < -0.4 is 11.1 Å². The number of aryl methyl sites for hydroxylation is 2. The summed E-state index contributed by atoms with van der Waals surface area (Å²) in [5.41, 5.74) is 5.77. The third kappa shape index (κ3) is 5.48. The molecule has 0 aliphatic rings. The first-order chi connectivity index (χ1) is 12.5. The Kier molecular flexibility index (Phi) is 7.67. The molecule has 2 rings (SSSR count). The van der Waals surface area contributed by atoms with E-state index in [-0.39, 0.29) is 24.5 Å². The molecule has 1 heterocycles. The SMILES string of the molecule is CCCC(C)(N)C(=O)NCc1ccc(-n2nc(C)cc2C)cc1C(F)(F)F.Cl. The van der Waals surface area contributed by atoms with Crippen LogP contribution in [0.3, 0.4) is 0 Å². The Bertz CT molecular complexity index is 831. The van der Waals surface area contributed by atoms with E-state index in [2.05, 4.69) is 10.4 Å². The van der Waals surface area contributed by atoms with Gasteiger partial charge in [0.25, 0.3) is 0 Å². The van der Waals surface area contributed by atoms with Crippen molar-refractivity contribution >= 4 is 18.3 Å². The summed E-state index contributed by atoms with van der Waals surface area (Å²) in [6.07, 6.45) is -3.41. The normalized spacial score (nSPS) is 13.6. The van der Waals surface area contributed by atoms with Crippen molar-refractivity contribution in [2.75, 3.05) is 0 Å². The van der Waals surface area contributed by atoms with E-state index in [4.69, 9.17) is 5.73 Å². The number of nitrogens with zero attached hydrogens (tertiary/aromatic N) is 2. The number of carbonyl (C=O) groups excluding carboxylic acids is 1. The molecule has 0 aliphatic carbocycles. The number of aromatic nitrogens is 2. The average molecular weight is 419 g/mol.